The fourth-order valence-electron chi connectivity index (χ4n) is 7.08. The van der Waals surface area contributed by atoms with Gasteiger partial charge in [0.2, 0.25) is 5.36 Å². The molecule has 3 aromatic rings. The van der Waals surface area contributed by atoms with Crippen LogP contribution in [0.2, 0.25) is 0 Å². The molecule has 0 radical (unpaired) electrons. The Hall–Kier alpha value is -8.22. The summed E-state index contributed by atoms with van der Waals surface area (Å²) in [5.41, 5.74) is 20.8. The van der Waals surface area contributed by atoms with Gasteiger partial charge in [-0.15, -0.1) is 0 Å². The second-order valence-corrected chi connectivity index (χ2v) is 14.6. The number of azide groups is 2. The third-order valence-electron chi connectivity index (χ3n) is 9.95. The molecule has 1 aliphatic carbocycles. The molecular formula is C43H46FN10O11+. The molecule has 5 rings (SSSR count). The van der Waals surface area contributed by atoms with E-state index in [4.69, 9.17) is 25.0 Å². The van der Waals surface area contributed by atoms with E-state index in [9.17, 15) is 44.0 Å². The highest BCUT2D eigenvalue weighted by Crippen LogP contribution is 2.43. The minimum atomic E-state index is -1.34. The highest BCUT2D eigenvalue weighted by Gasteiger charge is 2.24. The van der Waals surface area contributed by atoms with Crippen molar-refractivity contribution in [3.8, 4) is 33.9 Å². The molecule has 1 aliphatic heterocycles. The number of carboxylic acid groups (broad SMARTS) is 4. The predicted octanol–water partition coefficient (Wildman–Crippen LogP) is 5.99. The van der Waals surface area contributed by atoms with Crippen molar-refractivity contribution < 1.29 is 57.9 Å². The van der Waals surface area contributed by atoms with E-state index in [1.165, 1.54) is 12.1 Å². The fourth-order valence-corrected chi connectivity index (χ4v) is 7.08. The number of aliphatic carboxylic acids is 4. The third-order valence-corrected chi connectivity index (χ3v) is 9.95. The van der Waals surface area contributed by atoms with Crippen molar-refractivity contribution in [1.29, 1.82) is 0 Å². The topological polar surface area (TPSA) is 291 Å². The molecule has 0 aromatic heterocycles. The summed E-state index contributed by atoms with van der Waals surface area (Å²) >= 11 is 0. The number of anilines is 3. The molecule has 2 aliphatic rings. The smallest absolute Gasteiger partial charge is 0.323 e. The van der Waals surface area contributed by atoms with Gasteiger partial charge in [0.25, 0.3) is 0 Å². The average Bonchev–Trinajstić information content (AvgIpc) is 3.25. The summed E-state index contributed by atoms with van der Waals surface area (Å²) in [6, 6.07) is 19.4. The molecule has 0 atom stereocenters. The van der Waals surface area contributed by atoms with Gasteiger partial charge < -0.3 is 49.0 Å². The molecule has 0 bridgehead atoms. The van der Waals surface area contributed by atoms with E-state index in [1.807, 2.05) is 60.0 Å². The maximum atomic E-state index is 14.5. The lowest BCUT2D eigenvalue weighted by atomic mass is 9.93. The second-order valence-electron chi connectivity index (χ2n) is 14.6. The minimum Gasteiger partial charge on any atom is -0.488 e. The average molecular weight is 898 g/mol. The molecule has 1 heterocycles. The number of ether oxygens (including phenoxy) is 2. The van der Waals surface area contributed by atoms with Gasteiger partial charge in [-0.1, -0.05) is 16.3 Å². The highest BCUT2D eigenvalue weighted by molar-refractivity contribution is 6.03. The molecule has 340 valence electrons. The van der Waals surface area contributed by atoms with Crippen molar-refractivity contribution >= 4 is 51.9 Å². The summed E-state index contributed by atoms with van der Waals surface area (Å²) in [4.78, 5) is 56.8. The lowest BCUT2D eigenvalue weighted by molar-refractivity contribution is -0.138. The SMILES string of the molecule is CN(CCCN=[N+]=[N-])c1ccc2c(-c3ccc(N(CC(=O)O)CC(=O)O)c(OCCOc4cc(F)ccc4N(CC(=O)O)CC(=O)O)c3)c3ccc(=[N+](C)CCCN=[N+]=[N-])cc-3oc2c1. The third kappa shape index (κ3) is 13.1. The van der Waals surface area contributed by atoms with E-state index in [-0.39, 0.29) is 36.1 Å². The Kier molecular flexibility index (Phi) is 16.7. The Morgan fingerprint density at radius 2 is 1.31 bits per heavy atom. The first-order chi connectivity index (χ1) is 31.2. The van der Waals surface area contributed by atoms with Crippen LogP contribution in [0.15, 0.2) is 87.4 Å². The number of rotatable bonds is 25. The molecule has 4 N–H and O–H groups in total. The van der Waals surface area contributed by atoms with Crippen LogP contribution in [0.25, 0.3) is 54.3 Å². The van der Waals surface area contributed by atoms with Crippen LogP contribution in [0, 0.1) is 5.82 Å². The monoisotopic (exact) mass is 897 g/mol. The van der Waals surface area contributed by atoms with Crippen molar-refractivity contribution in [2.24, 2.45) is 10.2 Å². The van der Waals surface area contributed by atoms with Crippen LogP contribution in [0.3, 0.4) is 0 Å². The molecule has 22 heteroatoms. The van der Waals surface area contributed by atoms with Gasteiger partial charge in [0, 0.05) is 83.3 Å². The van der Waals surface area contributed by atoms with Gasteiger partial charge in [-0.05, 0) is 65.5 Å². The van der Waals surface area contributed by atoms with E-state index >= 15 is 0 Å². The van der Waals surface area contributed by atoms with E-state index in [0.29, 0.717) is 72.4 Å². The first-order valence-electron chi connectivity index (χ1n) is 20.0. The molecule has 65 heavy (non-hydrogen) atoms. The lowest BCUT2D eigenvalue weighted by Crippen LogP contribution is -2.35. The molecular weight excluding hydrogens is 852 g/mol. The van der Waals surface area contributed by atoms with Crippen LogP contribution < -0.4 is 34.1 Å². The number of carbonyl (C=O) groups is 4. The molecule has 0 saturated carbocycles. The zero-order valence-electron chi connectivity index (χ0n) is 35.4. The van der Waals surface area contributed by atoms with Gasteiger partial charge in [-0.25, -0.2) is 8.97 Å². The van der Waals surface area contributed by atoms with Gasteiger partial charge in [0.05, 0.1) is 17.4 Å². The maximum Gasteiger partial charge on any atom is 0.323 e. The zero-order chi connectivity index (χ0) is 47.0. The highest BCUT2D eigenvalue weighted by atomic mass is 19.1. The van der Waals surface area contributed by atoms with E-state index in [2.05, 4.69) is 20.1 Å². The molecule has 0 saturated heterocycles. The van der Waals surface area contributed by atoms with Gasteiger partial charge >= 0.3 is 23.9 Å². The van der Waals surface area contributed by atoms with Crippen LogP contribution in [0.5, 0.6) is 11.5 Å². The summed E-state index contributed by atoms with van der Waals surface area (Å²) in [6.45, 7) is -1.66. The normalized spacial score (nSPS) is 11.2. The van der Waals surface area contributed by atoms with Crippen molar-refractivity contribution in [3.63, 3.8) is 0 Å². The standard InChI is InChI=1S/C43H45FN10O11/c1-51(15-3-13-47-49-45)29-7-9-31-35(21-29)65-36-22-30(52(2)16-4-14-48-50-46)8-10-32(36)43(31)27-5-11-33(53(23-39(55)56)24-40(57)58)37(19-27)63-17-18-64-38-20-28(44)6-12-34(38)54(25-41(59)60)26-42(61)62/h5-12,19-22H,3-4,13-18,23-26H2,1-2H3,(H3-,55,56,57,58,59,60,61,62)/p+1. The predicted molar refractivity (Wildman–Crippen MR) is 237 cm³/mol. The fraction of sp³-hybridized carbons (Fsp3) is 0.326. The number of hydrogen-bond donors (Lipinski definition) is 4. The van der Waals surface area contributed by atoms with Crippen molar-refractivity contribution in [1.82, 2.24) is 4.58 Å². The molecule has 0 spiro atoms. The Bertz CT molecular complexity index is 2670. The van der Waals surface area contributed by atoms with Crippen LogP contribution >= 0.6 is 0 Å². The Morgan fingerprint density at radius 3 is 1.89 bits per heavy atom. The Labute approximate surface area is 370 Å². The van der Waals surface area contributed by atoms with Crippen molar-refractivity contribution in [3.05, 3.63) is 105 Å². The van der Waals surface area contributed by atoms with Gasteiger partial charge in [-0.3, -0.25) is 19.2 Å². The van der Waals surface area contributed by atoms with Crippen molar-refractivity contribution in [2.75, 3.05) is 94.4 Å². The number of fused-ring (bicyclic) bond motifs is 2. The maximum absolute atomic E-state index is 14.5. The summed E-state index contributed by atoms with van der Waals surface area (Å²) in [5.74, 6) is -5.66. The number of carboxylic acids is 4. The van der Waals surface area contributed by atoms with Crippen LogP contribution in [0.1, 0.15) is 12.8 Å². The second kappa shape index (κ2) is 22.7. The summed E-state index contributed by atoms with van der Waals surface area (Å²) in [5, 5.41) is 47.1. The first kappa shape index (κ1) is 47.8. The molecule has 0 amide bonds. The number of halogens is 1. The molecule has 0 fully saturated rings. The summed E-state index contributed by atoms with van der Waals surface area (Å²) in [6.07, 6.45) is 1.21. The largest absolute Gasteiger partial charge is 0.488 e. The van der Waals surface area contributed by atoms with Crippen LogP contribution in [-0.4, -0.2) is 124 Å². The van der Waals surface area contributed by atoms with E-state index in [0.717, 1.165) is 33.0 Å². The molecule has 3 aromatic carbocycles. The molecule has 21 nitrogen and oxygen atoms in total. The zero-order valence-corrected chi connectivity index (χ0v) is 35.4. The van der Waals surface area contributed by atoms with Gasteiger partial charge in [0.15, 0.2) is 0 Å². The first-order valence-corrected chi connectivity index (χ1v) is 20.0. The van der Waals surface area contributed by atoms with Gasteiger partial charge in [-0.2, -0.15) is 0 Å². The Balaban J connectivity index is 1.62. The quantitative estimate of drug-likeness (QED) is 0.0131. The molecule has 0 unspecified atom stereocenters. The lowest BCUT2D eigenvalue weighted by Gasteiger charge is -2.25. The number of nitrogens with zero attached hydrogens (tertiary/aromatic N) is 10. The summed E-state index contributed by atoms with van der Waals surface area (Å²) in [7, 11) is 3.79. The van der Waals surface area contributed by atoms with Crippen molar-refractivity contribution in [2.45, 2.75) is 12.8 Å². The number of benzene rings is 4. The van der Waals surface area contributed by atoms with Gasteiger partial charge in [0.1, 0.15) is 81.6 Å². The number of hydrogen-bond acceptors (Lipinski definition) is 12. The van der Waals surface area contributed by atoms with Crippen LogP contribution in [0.4, 0.5) is 21.5 Å². The van der Waals surface area contributed by atoms with E-state index in [1.54, 1.807) is 12.1 Å². The minimum absolute atomic E-state index is 0.00810. The van der Waals surface area contributed by atoms with E-state index < -0.39 is 55.9 Å². The van der Waals surface area contributed by atoms with Crippen LogP contribution in [-0.2, 0) is 19.2 Å². The summed E-state index contributed by atoms with van der Waals surface area (Å²) < 4.78 is 35.1. The Morgan fingerprint density at radius 1 is 0.738 bits per heavy atom.